The van der Waals surface area contributed by atoms with E-state index in [2.05, 4.69) is 64.4 Å². The second-order valence-corrected chi connectivity index (χ2v) is 6.68. The fraction of sp³-hybridized carbons (Fsp3) is 0.533. The maximum Gasteiger partial charge on any atom is 0.188 e. The molecule has 3 nitrogen and oxygen atoms in total. The van der Waals surface area contributed by atoms with E-state index in [1.165, 1.54) is 18.4 Å². The summed E-state index contributed by atoms with van der Waals surface area (Å²) >= 11 is 3.53. The highest BCUT2D eigenvalue weighted by atomic mass is 79.9. The Bertz CT molecular complexity index is 464. The van der Waals surface area contributed by atoms with E-state index in [0.29, 0.717) is 11.9 Å². The Morgan fingerprint density at radius 2 is 2.21 bits per heavy atom. The molecule has 0 bridgehead atoms. The molecule has 0 unspecified atom stereocenters. The average Bonchev–Trinajstić information content (AvgIpc) is 3.15. The summed E-state index contributed by atoms with van der Waals surface area (Å²) in [6, 6.07) is 8.52. The highest BCUT2D eigenvalue weighted by molar-refractivity contribution is 9.10. The third kappa shape index (κ3) is 3.96. The van der Waals surface area contributed by atoms with Crippen LogP contribution < -0.4 is 11.1 Å². The summed E-state index contributed by atoms with van der Waals surface area (Å²) in [5, 5.41) is 3.16. The lowest BCUT2D eigenvalue weighted by molar-refractivity contribution is 0.619. The number of rotatable bonds is 5. The number of aliphatic imine (C=N–C) groups is 1. The molecule has 0 aromatic heterocycles. The molecule has 0 radical (unpaired) electrons. The number of nitrogens with one attached hydrogen (secondary N) is 1. The quantitative estimate of drug-likeness (QED) is 0.646. The highest BCUT2D eigenvalue weighted by Gasteiger charge is 2.44. The third-order valence-corrected chi connectivity index (χ3v) is 4.03. The van der Waals surface area contributed by atoms with Crippen LogP contribution in [0.25, 0.3) is 0 Å². The van der Waals surface area contributed by atoms with Gasteiger partial charge in [-0.2, -0.15) is 0 Å². The molecule has 1 fully saturated rings. The van der Waals surface area contributed by atoms with Crippen LogP contribution in [0.1, 0.15) is 32.3 Å². The average molecular weight is 324 g/mol. The molecule has 0 atom stereocenters. The summed E-state index contributed by atoms with van der Waals surface area (Å²) < 4.78 is 1.13. The summed E-state index contributed by atoms with van der Waals surface area (Å²) in [5.41, 5.74) is 7.47. The van der Waals surface area contributed by atoms with Gasteiger partial charge in [-0.05, 0) is 36.5 Å². The van der Waals surface area contributed by atoms with Gasteiger partial charge in [-0.1, -0.05) is 41.9 Å². The summed E-state index contributed by atoms with van der Waals surface area (Å²) in [4.78, 5) is 4.50. The van der Waals surface area contributed by atoms with E-state index in [9.17, 15) is 0 Å². The normalized spacial score (nSPS) is 17.6. The molecule has 0 heterocycles. The summed E-state index contributed by atoms with van der Waals surface area (Å²) in [5.74, 6) is 1.14. The van der Waals surface area contributed by atoms with Crippen LogP contribution in [-0.4, -0.2) is 19.0 Å². The molecular weight excluding hydrogens is 302 g/mol. The van der Waals surface area contributed by atoms with E-state index in [0.717, 1.165) is 17.6 Å². The molecule has 3 N–H and O–H groups in total. The first-order valence-corrected chi connectivity index (χ1v) is 7.61. The molecule has 2 rings (SSSR count). The predicted molar refractivity (Wildman–Crippen MR) is 84.4 cm³/mol. The van der Waals surface area contributed by atoms with Crippen LogP contribution in [-0.2, 0) is 5.41 Å². The second kappa shape index (κ2) is 5.95. The number of halogens is 1. The van der Waals surface area contributed by atoms with E-state index >= 15 is 0 Å². The maximum atomic E-state index is 5.89. The van der Waals surface area contributed by atoms with Gasteiger partial charge in [0.2, 0.25) is 0 Å². The summed E-state index contributed by atoms with van der Waals surface area (Å²) in [6.45, 7) is 5.97. The molecule has 104 valence electrons. The molecule has 1 aromatic rings. The zero-order chi connectivity index (χ0) is 13.9. The zero-order valence-electron chi connectivity index (χ0n) is 11.6. The van der Waals surface area contributed by atoms with E-state index < -0.39 is 0 Å². The molecular formula is C15H22BrN3. The molecule has 1 aliphatic rings. The van der Waals surface area contributed by atoms with Crippen LogP contribution in [0.5, 0.6) is 0 Å². The predicted octanol–water partition coefficient (Wildman–Crippen LogP) is 3.04. The van der Waals surface area contributed by atoms with Gasteiger partial charge in [-0.15, -0.1) is 0 Å². The van der Waals surface area contributed by atoms with Gasteiger partial charge in [0.1, 0.15) is 0 Å². The minimum atomic E-state index is 0.216. The van der Waals surface area contributed by atoms with Crippen molar-refractivity contribution in [3.63, 3.8) is 0 Å². The first kappa shape index (κ1) is 14.4. The minimum absolute atomic E-state index is 0.216. The SMILES string of the molecule is CC(C)CNC(N)=NCC1(c2cccc(Br)c2)CC1. The van der Waals surface area contributed by atoms with Gasteiger partial charge in [0.05, 0.1) is 6.54 Å². The van der Waals surface area contributed by atoms with Crippen molar-refractivity contribution in [2.24, 2.45) is 16.6 Å². The molecule has 0 spiro atoms. The van der Waals surface area contributed by atoms with Crippen molar-refractivity contribution in [1.82, 2.24) is 5.32 Å². The monoisotopic (exact) mass is 323 g/mol. The largest absolute Gasteiger partial charge is 0.370 e. The molecule has 0 saturated heterocycles. The van der Waals surface area contributed by atoms with Crippen molar-refractivity contribution in [2.75, 3.05) is 13.1 Å². The van der Waals surface area contributed by atoms with Crippen LogP contribution in [0.4, 0.5) is 0 Å². The highest BCUT2D eigenvalue weighted by Crippen LogP contribution is 2.48. The van der Waals surface area contributed by atoms with Crippen molar-refractivity contribution in [3.05, 3.63) is 34.3 Å². The smallest absolute Gasteiger partial charge is 0.188 e. The van der Waals surface area contributed by atoms with Crippen LogP contribution in [0.15, 0.2) is 33.7 Å². The minimum Gasteiger partial charge on any atom is -0.370 e. The van der Waals surface area contributed by atoms with Gasteiger partial charge in [0.15, 0.2) is 5.96 Å². The van der Waals surface area contributed by atoms with Crippen molar-refractivity contribution in [3.8, 4) is 0 Å². The summed E-state index contributed by atoms with van der Waals surface area (Å²) in [6.07, 6.45) is 2.40. The Morgan fingerprint density at radius 1 is 1.47 bits per heavy atom. The van der Waals surface area contributed by atoms with Gasteiger partial charge in [0.25, 0.3) is 0 Å². The van der Waals surface area contributed by atoms with Crippen LogP contribution in [0.3, 0.4) is 0 Å². The lowest BCUT2D eigenvalue weighted by Gasteiger charge is -2.14. The van der Waals surface area contributed by atoms with Crippen molar-refractivity contribution < 1.29 is 0 Å². The van der Waals surface area contributed by atoms with Crippen LogP contribution in [0, 0.1) is 5.92 Å². The molecule has 0 aliphatic heterocycles. The molecule has 19 heavy (non-hydrogen) atoms. The fourth-order valence-corrected chi connectivity index (χ4v) is 2.51. The number of benzene rings is 1. The lowest BCUT2D eigenvalue weighted by Crippen LogP contribution is -2.35. The molecule has 0 amide bonds. The second-order valence-electron chi connectivity index (χ2n) is 5.77. The molecule has 1 aliphatic carbocycles. The van der Waals surface area contributed by atoms with Gasteiger partial charge in [0, 0.05) is 16.4 Å². The number of nitrogens with zero attached hydrogens (tertiary/aromatic N) is 1. The number of hydrogen-bond donors (Lipinski definition) is 2. The fourth-order valence-electron chi connectivity index (χ4n) is 2.11. The topological polar surface area (TPSA) is 50.4 Å². The Kier molecular flexibility index (Phi) is 4.50. The van der Waals surface area contributed by atoms with Gasteiger partial charge >= 0.3 is 0 Å². The molecule has 1 aromatic carbocycles. The summed E-state index contributed by atoms with van der Waals surface area (Å²) in [7, 11) is 0. The molecule has 1 saturated carbocycles. The van der Waals surface area contributed by atoms with Crippen molar-refractivity contribution in [2.45, 2.75) is 32.1 Å². The van der Waals surface area contributed by atoms with E-state index in [-0.39, 0.29) is 5.41 Å². The Hall–Kier alpha value is -1.03. The number of hydrogen-bond acceptors (Lipinski definition) is 1. The molecule has 4 heteroatoms. The van der Waals surface area contributed by atoms with E-state index in [1.807, 2.05) is 0 Å². The standard InChI is InChI=1S/C15H22BrN3/c1-11(2)9-18-14(17)19-10-15(6-7-15)12-4-3-5-13(16)8-12/h3-5,8,11H,6-7,9-10H2,1-2H3,(H3,17,18,19). The van der Waals surface area contributed by atoms with Gasteiger partial charge in [-0.3, -0.25) is 4.99 Å². The first-order valence-electron chi connectivity index (χ1n) is 6.82. The van der Waals surface area contributed by atoms with Crippen molar-refractivity contribution in [1.29, 1.82) is 0 Å². The van der Waals surface area contributed by atoms with Gasteiger partial charge < -0.3 is 11.1 Å². The van der Waals surface area contributed by atoms with Crippen molar-refractivity contribution >= 4 is 21.9 Å². The Labute approximate surface area is 123 Å². The Morgan fingerprint density at radius 3 is 2.79 bits per heavy atom. The Balaban J connectivity index is 1.97. The van der Waals surface area contributed by atoms with Crippen LogP contribution >= 0.6 is 15.9 Å². The maximum absolute atomic E-state index is 5.89. The third-order valence-electron chi connectivity index (χ3n) is 3.53. The first-order chi connectivity index (χ1) is 9.02. The van der Waals surface area contributed by atoms with Gasteiger partial charge in [-0.25, -0.2) is 0 Å². The number of nitrogens with two attached hydrogens (primary N) is 1. The van der Waals surface area contributed by atoms with E-state index in [4.69, 9.17) is 5.73 Å². The zero-order valence-corrected chi connectivity index (χ0v) is 13.2. The lowest BCUT2D eigenvalue weighted by atomic mass is 9.96. The number of guanidine groups is 1. The van der Waals surface area contributed by atoms with Crippen LogP contribution in [0.2, 0.25) is 0 Å². The van der Waals surface area contributed by atoms with E-state index in [1.54, 1.807) is 0 Å².